The van der Waals surface area contributed by atoms with Gasteiger partial charge in [-0.05, 0) is 25.8 Å². The monoisotopic (exact) mass is 234 g/mol. The third-order valence-corrected chi connectivity index (χ3v) is 3.11. The zero-order valence-corrected chi connectivity index (χ0v) is 11.2. The Morgan fingerprint density at radius 3 is 2.82 bits per heavy atom. The highest BCUT2D eigenvalue weighted by atomic mass is 15.3. The van der Waals surface area contributed by atoms with Crippen LogP contribution >= 0.6 is 0 Å². The first-order valence-corrected chi connectivity index (χ1v) is 6.40. The number of hydrogen-bond acceptors (Lipinski definition) is 4. The average Bonchev–Trinajstić information content (AvgIpc) is 2.28. The number of piperazine rings is 1. The molecule has 0 aliphatic carbocycles. The molecule has 1 atom stereocenters. The predicted octanol–water partition coefficient (Wildman–Crippen LogP) is 1.71. The molecule has 0 spiro atoms. The van der Waals surface area contributed by atoms with E-state index in [4.69, 9.17) is 0 Å². The van der Waals surface area contributed by atoms with Crippen LogP contribution in [0.1, 0.15) is 38.1 Å². The number of nitrogens with one attached hydrogen (secondary N) is 1. The molecule has 0 saturated carbocycles. The zero-order valence-electron chi connectivity index (χ0n) is 11.2. The molecule has 17 heavy (non-hydrogen) atoms. The largest absolute Gasteiger partial charge is 0.338 e. The van der Waals surface area contributed by atoms with Crippen LogP contribution in [0.4, 0.5) is 5.95 Å². The predicted molar refractivity (Wildman–Crippen MR) is 70.5 cm³/mol. The molecule has 4 heteroatoms. The van der Waals surface area contributed by atoms with Gasteiger partial charge >= 0.3 is 0 Å². The van der Waals surface area contributed by atoms with E-state index in [1.165, 1.54) is 0 Å². The maximum absolute atomic E-state index is 4.68. The topological polar surface area (TPSA) is 41.1 Å². The molecule has 0 aromatic carbocycles. The molecule has 2 heterocycles. The van der Waals surface area contributed by atoms with Gasteiger partial charge in [0.25, 0.3) is 0 Å². The molecule has 2 rings (SSSR count). The lowest BCUT2D eigenvalue weighted by molar-refractivity contribution is 0.478. The number of aromatic nitrogens is 2. The van der Waals surface area contributed by atoms with E-state index >= 15 is 0 Å². The Hall–Kier alpha value is -1.16. The van der Waals surface area contributed by atoms with Crippen LogP contribution in [-0.2, 0) is 0 Å². The smallest absolute Gasteiger partial charge is 0.225 e. The van der Waals surface area contributed by atoms with Crippen LogP contribution in [0.5, 0.6) is 0 Å². The van der Waals surface area contributed by atoms with Crippen molar-refractivity contribution in [3.05, 3.63) is 17.5 Å². The van der Waals surface area contributed by atoms with Crippen molar-refractivity contribution >= 4 is 5.95 Å². The zero-order chi connectivity index (χ0) is 12.4. The molecular formula is C13H22N4. The Morgan fingerprint density at radius 1 is 1.41 bits per heavy atom. The van der Waals surface area contributed by atoms with Crippen molar-refractivity contribution in [1.29, 1.82) is 0 Å². The van der Waals surface area contributed by atoms with Gasteiger partial charge in [-0.2, -0.15) is 0 Å². The Labute approximate surface area is 103 Å². The number of hydrogen-bond donors (Lipinski definition) is 1. The molecule has 1 fully saturated rings. The molecule has 0 unspecified atom stereocenters. The van der Waals surface area contributed by atoms with Crippen LogP contribution in [0.15, 0.2) is 6.07 Å². The van der Waals surface area contributed by atoms with Crippen LogP contribution in [-0.4, -0.2) is 35.6 Å². The fourth-order valence-corrected chi connectivity index (χ4v) is 2.13. The third-order valence-electron chi connectivity index (χ3n) is 3.11. The lowest BCUT2D eigenvalue weighted by Gasteiger charge is -2.32. The minimum Gasteiger partial charge on any atom is -0.338 e. The number of rotatable bonds is 2. The van der Waals surface area contributed by atoms with E-state index in [0.29, 0.717) is 12.0 Å². The SMILES string of the molecule is Cc1cc(C(C)C)nc(N2CCN[C@@H](C)C2)n1. The second-order valence-corrected chi connectivity index (χ2v) is 5.19. The molecule has 1 N–H and O–H groups in total. The van der Waals surface area contributed by atoms with Gasteiger partial charge in [-0.1, -0.05) is 13.8 Å². The number of aryl methyl sites for hydroxylation is 1. The van der Waals surface area contributed by atoms with Crippen molar-refractivity contribution in [3.63, 3.8) is 0 Å². The van der Waals surface area contributed by atoms with Crippen LogP contribution in [0, 0.1) is 6.92 Å². The highest BCUT2D eigenvalue weighted by Crippen LogP contribution is 2.17. The summed E-state index contributed by atoms with van der Waals surface area (Å²) >= 11 is 0. The maximum Gasteiger partial charge on any atom is 0.225 e. The van der Waals surface area contributed by atoms with Gasteiger partial charge in [0.2, 0.25) is 5.95 Å². The normalized spacial score (nSPS) is 21.0. The summed E-state index contributed by atoms with van der Waals surface area (Å²) in [6, 6.07) is 2.59. The van der Waals surface area contributed by atoms with Gasteiger partial charge in [0.15, 0.2) is 0 Å². The van der Waals surface area contributed by atoms with Gasteiger partial charge in [-0.25, -0.2) is 9.97 Å². The summed E-state index contributed by atoms with van der Waals surface area (Å²) in [6.45, 7) is 11.6. The van der Waals surface area contributed by atoms with Gasteiger partial charge < -0.3 is 10.2 Å². The molecule has 0 bridgehead atoms. The first-order valence-electron chi connectivity index (χ1n) is 6.40. The van der Waals surface area contributed by atoms with Gasteiger partial charge in [0.1, 0.15) is 0 Å². The van der Waals surface area contributed by atoms with Gasteiger partial charge in [0.05, 0.1) is 0 Å². The molecule has 4 nitrogen and oxygen atoms in total. The standard InChI is InChI=1S/C13H22N4/c1-9(2)12-7-10(3)15-13(16-12)17-6-5-14-11(4)8-17/h7,9,11,14H,5-6,8H2,1-4H3/t11-/m0/s1. The van der Waals surface area contributed by atoms with Gasteiger partial charge in [-0.15, -0.1) is 0 Å². The first kappa shape index (κ1) is 12.3. The van der Waals surface area contributed by atoms with Crippen molar-refractivity contribution in [1.82, 2.24) is 15.3 Å². The molecule has 94 valence electrons. The molecule has 0 radical (unpaired) electrons. The van der Waals surface area contributed by atoms with Crippen LogP contribution in [0.25, 0.3) is 0 Å². The van der Waals surface area contributed by atoms with E-state index in [9.17, 15) is 0 Å². The van der Waals surface area contributed by atoms with Crippen molar-refractivity contribution < 1.29 is 0 Å². The van der Waals surface area contributed by atoms with E-state index in [1.54, 1.807) is 0 Å². The highest BCUT2D eigenvalue weighted by Gasteiger charge is 2.19. The quantitative estimate of drug-likeness (QED) is 0.845. The van der Waals surface area contributed by atoms with E-state index in [2.05, 4.69) is 47.0 Å². The maximum atomic E-state index is 4.68. The van der Waals surface area contributed by atoms with E-state index in [0.717, 1.165) is 37.0 Å². The minimum atomic E-state index is 0.454. The summed E-state index contributed by atoms with van der Waals surface area (Å²) in [5.74, 6) is 1.35. The Morgan fingerprint density at radius 2 is 2.18 bits per heavy atom. The number of nitrogens with zero attached hydrogens (tertiary/aromatic N) is 3. The number of anilines is 1. The molecule has 1 aromatic heterocycles. The summed E-state index contributed by atoms with van der Waals surface area (Å²) in [7, 11) is 0. The molecular weight excluding hydrogens is 212 g/mol. The Bertz CT molecular complexity index is 389. The summed E-state index contributed by atoms with van der Waals surface area (Å²) in [5, 5.41) is 3.44. The third kappa shape index (κ3) is 2.94. The van der Waals surface area contributed by atoms with Crippen molar-refractivity contribution in [2.24, 2.45) is 0 Å². The second kappa shape index (κ2) is 5.00. The van der Waals surface area contributed by atoms with Gasteiger partial charge in [0, 0.05) is 37.1 Å². The second-order valence-electron chi connectivity index (χ2n) is 5.19. The lowest BCUT2D eigenvalue weighted by Crippen LogP contribution is -2.49. The fourth-order valence-electron chi connectivity index (χ4n) is 2.13. The van der Waals surface area contributed by atoms with Gasteiger partial charge in [-0.3, -0.25) is 0 Å². The summed E-state index contributed by atoms with van der Waals surface area (Å²) in [4.78, 5) is 11.5. The van der Waals surface area contributed by atoms with Crippen molar-refractivity contribution in [2.75, 3.05) is 24.5 Å². The van der Waals surface area contributed by atoms with Crippen LogP contribution in [0.3, 0.4) is 0 Å². The molecule has 1 aliphatic heterocycles. The summed E-state index contributed by atoms with van der Waals surface area (Å²) < 4.78 is 0. The molecule has 0 amide bonds. The van der Waals surface area contributed by atoms with Crippen molar-refractivity contribution in [2.45, 2.75) is 39.7 Å². The lowest BCUT2D eigenvalue weighted by atomic mass is 10.1. The van der Waals surface area contributed by atoms with E-state index in [-0.39, 0.29) is 0 Å². The highest BCUT2D eigenvalue weighted by molar-refractivity contribution is 5.34. The van der Waals surface area contributed by atoms with Crippen LogP contribution in [0.2, 0.25) is 0 Å². The first-order chi connectivity index (χ1) is 8.06. The molecule has 1 aliphatic rings. The summed E-state index contributed by atoms with van der Waals surface area (Å²) in [6.07, 6.45) is 0. The van der Waals surface area contributed by atoms with Crippen molar-refractivity contribution in [3.8, 4) is 0 Å². The fraction of sp³-hybridized carbons (Fsp3) is 0.692. The van der Waals surface area contributed by atoms with E-state index in [1.807, 2.05) is 6.92 Å². The molecule has 1 saturated heterocycles. The Kier molecular flexibility index (Phi) is 3.62. The average molecular weight is 234 g/mol. The molecule has 1 aromatic rings. The summed E-state index contributed by atoms with van der Waals surface area (Å²) in [5.41, 5.74) is 2.20. The van der Waals surface area contributed by atoms with E-state index < -0.39 is 0 Å². The Balaban J connectivity index is 2.25. The minimum absolute atomic E-state index is 0.454. The van der Waals surface area contributed by atoms with Crippen LogP contribution < -0.4 is 10.2 Å².